The van der Waals surface area contributed by atoms with Gasteiger partial charge in [-0.1, -0.05) is 12.1 Å². The van der Waals surface area contributed by atoms with E-state index in [1.54, 1.807) is 4.90 Å². The van der Waals surface area contributed by atoms with Gasteiger partial charge in [-0.25, -0.2) is 9.97 Å². The fourth-order valence-electron chi connectivity index (χ4n) is 2.25. The predicted molar refractivity (Wildman–Crippen MR) is 68.3 cm³/mol. The summed E-state index contributed by atoms with van der Waals surface area (Å²) in [6.45, 7) is 0.650. The SMILES string of the molecule is Nc1cccc2c1N(C(=O)c1cncnc1)CC2. The van der Waals surface area contributed by atoms with Gasteiger partial charge in [-0.05, 0) is 18.1 Å². The normalized spacial score (nSPS) is 13.4. The molecule has 0 atom stereocenters. The molecule has 2 heterocycles. The highest BCUT2D eigenvalue weighted by atomic mass is 16.2. The summed E-state index contributed by atoms with van der Waals surface area (Å²) in [5, 5.41) is 0. The number of aromatic nitrogens is 2. The van der Waals surface area contributed by atoms with Gasteiger partial charge in [0.15, 0.2) is 0 Å². The fraction of sp³-hybridized carbons (Fsp3) is 0.154. The number of para-hydroxylation sites is 1. The molecule has 0 bridgehead atoms. The lowest BCUT2D eigenvalue weighted by atomic mass is 10.1. The third-order valence-electron chi connectivity index (χ3n) is 3.08. The second-order valence-corrected chi connectivity index (χ2v) is 4.19. The van der Waals surface area contributed by atoms with E-state index >= 15 is 0 Å². The summed E-state index contributed by atoms with van der Waals surface area (Å²) in [4.78, 5) is 21.8. The molecule has 3 rings (SSSR count). The molecule has 0 saturated carbocycles. The minimum Gasteiger partial charge on any atom is -0.397 e. The first-order chi connectivity index (χ1) is 8.77. The predicted octanol–water partition coefficient (Wildman–Crippen LogP) is 1.26. The Morgan fingerprint density at radius 1 is 1.28 bits per heavy atom. The number of hydrogen-bond acceptors (Lipinski definition) is 4. The van der Waals surface area contributed by atoms with Gasteiger partial charge in [0.05, 0.1) is 16.9 Å². The molecule has 2 aromatic rings. The molecule has 0 spiro atoms. The molecule has 0 radical (unpaired) electrons. The first-order valence-electron chi connectivity index (χ1n) is 5.71. The molecule has 1 aliphatic heterocycles. The molecule has 0 aliphatic carbocycles. The summed E-state index contributed by atoms with van der Waals surface area (Å²) in [5.74, 6) is -0.104. The maximum absolute atomic E-state index is 12.4. The second kappa shape index (κ2) is 4.10. The number of carbonyl (C=O) groups is 1. The summed E-state index contributed by atoms with van der Waals surface area (Å²) in [6, 6.07) is 5.72. The number of nitrogen functional groups attached to an aromatic ring is 1. The lowest BCUT2D eigenvalue weighted by molar-refractivity contribution is 0.0988. The van der Waals surface area contributed by atoms with Crippen molar-refractivity contribution in [3.05, 3.63) is 48.0 Å². The summed E-state index contributed by atoms with van der Waals surface area (Å²) >= 11 is 0. The van der Waals surface area contributed by atoms with E-state index in [0.717, 1.165) is 17.7 Å². The van der Waals surface area contributed by atoms with Crippen molar-refractivity contribution < 1.29 is 4.79 Å². The Hall–Kier alpha value is -2.43. The van der Waals surface area contributed by atoms with Gasteiger partial charge in [-0.2, -0.15) is 0 Å². The van der Waals surface area contributed by atoms with Gasteiger partial charge in [-0.15, -0.1) is 0 Å². The highest BCUT2D eigenvalue weighted by molar-refractivity contribution is 6.08. The highest BCUT2D eigenvalue weighted by Gasteiger charge is 2.27. The maximum Gasteiger partial charge on any atom is 0.261 e. The van der Waals surface area contributed by atoms with Crippen molar-refractivity contribution in [3.8, 4) is 0 Å². The zero-order valence-corrected chi connectivity index (χ0v) is 9.71. The number of nitrogens with two attached hydrogens (primary N) is 1. The molecule has 0 saturated heterocycles. The first-order valence-corrected chi connectivity index (χ1v) is 5.71. The number of carbonyl (C=O) groups excluding carboxylic acids is 1. The van der Waals surface area contributed by atoms with E-state index in [4.69, 9.17) is 5.73 Å². The van der Waals surface area contributed by atoms with E-state index in [1.165, 1.54) is 18.7 Å². The van der Waals surface area contributed by atoms with E-state index in [0.29, 0.717) is 17.8 Å². The Kier molecular flexibility index (Phi) is 2.44. The standard InChI is InChI=1S/C13H12N4O/c14-11-3-1-2-9-4-5-17(12(9)11)13(18)10-6-15-8-16-7-10/h1-3,6-8H,4-5,14H2. The van der Waals surface area contributed by atoms with Crippen molar-refractivity contribution in [2.24, 2.45) is 0 Å². The van der Waals surface area contributed by atoms with Crippen LogP contribution in [0.2, 0.25) is 0 Å². The Labute approximate surface area is 104 Å². The Morgan fingerprint density at radius 3 is 2.83 bits per heavy atom. The van der Waals surface area contributed by atoms with E-state index in [9.17, 15) is 4.79 Å². The van der Waals surface area contributed by atoms with Crippen LogP contribution in [-0.2, 0) is 6.42 Å². The van der Waals surface area contributed by atoms with Gasteiger partial charge in [0, 0.05) is 18.9 Å². The molecule has 5 nitrogen and oxygen atoms in total. The van der Waals surface area contributed by atoms with Crippen molar-refractivity contribution in [1.82, 2.24) is 9.97 Å². The quantitative estimate of drug-likeness (QED) is 0.762. The van der Waals surface area contributed by atoms with Crippen LogP contribution in [0.3, 0.4) is 0 Å². The van der Waals surface area contributed by atoms with Crippen LogP contribution in [0.15, 0.2) is 36.9 Å². The van der Waals surface area contributed by atoms with Crippen LogP contribution >= 0.6 is 0 Å². The van der Waals surface area contributed by atoms with Crippen molar-refractivity contribution in [3.63, 3.8) is 0 Å². The third-order valence-corrected chi connectivity index (χ3v) is 3.08. The zero-order valence-electron chi connectivity index (χ0n) is 9.71. The summed E-state index contributed by atoms with van der Waals surface area (Å²) in [5.41, 5.74) is 9.00. The van der Waals surface area contributed by atoms with E-state index in [-0.39, 0.29) is 5.91 Å². The minimum atomic E-state index is -0.104. The molecular weight excluding hydrogens is 228 g/mol. The van der Waals surface area contributed by atoms with Gasteiger partial charge >= 0.3 is 0 Å². The Bertz CT molecular complexity index is 597. The maximum atomic E-state index is 12.4. The average Bonchev–Trinajstić information content (AvgIpc) is 2.84. The molecule has 1 amide bonds. The molecule has 1 aromatic heterocycles. The number of rotatable bonds is 1. The monoisotopic (exact) mass is 240 g/mol. The number of nitrogens with zero attached hydrogens (tertiary/aromatic N) is 3. The molecule has 1 aliphatic rings. The summed E-state index contributed by atoms with van der Waals surface area (Å²) in [6.07, 6.45) is 5.28. The van der Waals surface area contributed by atoms with E-state index in [2.05, 4.69) is 9.97 Å². The first kappa shape index (κ1) is 10.7. The number of hydrogen-bond donors (Lipinski definition) is 1. The van der Waals surface area contributed by atoms with E-state index in [1.807, 2.05) is 18.2 Å². The van der Waals surface area contributed by atoms with Crippen LogP contribution in [0.5, 0.6) is 0 Å². The molecule has 5 heteroatoms. The molecule has 18 heavy (non-hydrogen) atoms. The van der Waals surface area contributed by atoms with Crippen LogP contribution in [-0.4, -0.2) is 22.4 Å². The summed E-state index contributed by atoms with van der Waals surface area (Å²) in [7, 11) is 0. The largest absolute Gasteiger partial charge is 0.397 e. The molecule has 0 fully saturated rings. The Balaban J connectivity index is 2.00. The van der Waals surface area contributed by atoms with Gasteiger partial charge in [0.1, 0.15) is 6.33 Å². The number of benzene rings is 1. The average molecular weight is 240 g/mol. The summed E-state index contributed by atoms with van der Waals surface area (Å²) < 4.78 is 0. The highest BCUT2D eigenvalue weighted by Crippen LogP contribution is 2.34. The number of fused-ring (bicyclic) bond motifs is 1. The van der Waals surface area contributed by atoms with Crippen LogP contribution in [0.25, 0.3) is 0 Å². The topological polar surface area (TPSA) is 72.1 Å². The van der Waals surface area contributed by atoms with Crippen molar-refractivity contribution in [2.45, 2.75) is 6.42 Å². The van der Waals surface area contributed by atoms with Gasteiger partial charge in [0.25, 0.3) is 5.91 Å². The lowest BCUT2D eigenvalue weighted by Gasteiger charge is -2.18. The molecular formula is C13H12N4O. The van der Waals surface area contributed by atoms with Crippen LogP contribution in [0, 0.1) is 0 Å². The van der Waals surface area contributed by atoms with Crippen molar-refractivity contribution in [2.75, 3.05) is 17.2 Å². The van der Waals surface area contributed by atoms with Gasteiger partial charge in [0.2, 0.25) is 0 Å². The van der Waals surface area contributed by atoms with Gasteiger partial charge in [-0.3, -0.25) is 4.79 Å². The zero-order chi connectivity index (χ0) is 12.5. The third kappa shape index (κ3) is 1.60. The smallest absolute Gasteiger partial charge is 0.261 e. The van der Waals surface area contributed by atoms with E-state index < -0.39 is 0 Å². The second-order valence-electron chi connectivity index (χ2n) is 4.19. The number of anilines is 2. The lowest BCUT2D eigenvalue weighted by Crippen LogP contribution is -2.29. The Morgan fingerprint density at radius 2 is 2.06 bits per heavy atom. The molecule has 90 valence electrons. The van der Waals surface area contributed by atoms with Crippen LogP contribution in [0.1, 0.15) is 15.9 Å². The van der Waals surface area contributed by atoms with Crippen molar-refractivity contribution >= 4 is 17.3 Å². The minimum absolute atomic E-state index is 0.104. The van der Waals surface area contributed by atoms with Crippen molar-refractivity contribution in [1.29, 1.82) is 0 Å². The fourth-order valence-corrected chi connectivity index (χ4v) is 2.25. The van der Waals surface area contributed by atoms with Crippen LogP contribution < -0.4 is 10.6 Å². The molecule has 2 N–H and O–H groups in total. The molecule has 1 aromatic carbocycles. The van der Waals surface area contributed by atoms with Gasteiger partial charge < -0.3 is 10.6 Å². The molecule has 0 unspecified atom stereocenters. The number of amides is 1. The van der Waals surface area contributed by atoms with Crippen LogP contribution in [0.4, 0.5) is 11.4 Å².